The predicted octanol–water partition coefficient (Wildman–Crippen LogP) is 0.811. The van der Waals surface area contributed by atoms with E-state index in [2.05, 4.69) is 10.6 Å². The maximum absolute atomic E-state index is 12.9. The second-order valence-electron chi connectivity index (χ2n) is 8.53. The van der Waals surface area contributed by atoms with E-state index in [4.69, 9.17) is 9.94 Å². The molecule has 4 atom stereocenters. The molecular formula is C21H34N3O9P. The number of benzene rings is 1. The largest absolute Gasteiger partial charge is 0.508 e. The number of nitrogens with zero attached hydrogens (tertiary/aromatic N) is 1. The number of aromatic hydroxyl groups is 1. The number of carbonyl (C=O) groups excluding carboxylic acids is 2. The number of hydrogen-bond donors (Lipinski definition) is 6. The van der Waals surface area contributed by atoms with Crippen LogP contribution in [0.5, 0.6) is 5.75 Å². The molecule has 0 aliphatic carbocycles. The van der Waals surface area contributed by atoms with Crippen molar-refractivity contribution in [1.82, 2.24) is 15.7 Å². The minimum absolute atomic E-state index is 0.0173. The maximum Gasteiger partial charge on any atom is 0.342 e. The topological polar surface area (TPSA) is 186 Å². The minimum atomic E-state index is -4.51. The SMILES string of the molecule is CC(C)C[C@H](NC(C)P(=O)(O)O)C(=O)ON(C)[C@@H](Cc1ccc(O)cc1)C(=O)N[C@@H](C)C(=O)O. The molecule has 0 aliphatic heterocycles. The van der Waals surface area contributed by atoms with E-state index in [1.165, 1.54) is 33.0 Å². The number of hydroxylamine groups is 2. The molecule has 0 aliphatic rings. The van der Waals surface area contributed by atoms with Gasteiger partial charge >= 0.3 is 19.5 Å². The van der Waals surface area contributed by atoms with Crippen LogP contribution in [0.15, 0.2) is 24.3 Å². The van der Waals surface area contributed by atoms with Gasteiger partial charge in [0.05, 0.1) is 0 Å². The highest BCUT2D eigenvalue weighted by Gasteiger charge is 2.34. The van der Waals surface area contributed by atoms with Gasteiger partial charge in [-0.05, 0) is 43.9 Å². The highest BCUT2D eigenvalue weighted by molar-refractivity contribution is 7.52. The molecule has 34 heavy (non-hydrogen) atoms. The first-order chi connectivity index (χ1) is 15.6. The van der Waals surface area contributed by atoms with Crippen molar-refractivity contribution >= 4 is 25.4 Å². The molecule has 0 saturated heterocycles. The Bertz CT molecular complexity index is 888. The Morgan fingerprint density at radius 1 is 1.09 bits per heavy atom. The normalized spacial score (nSPS) is 15.4. The zero-order valence-electron chi connectivity index (χ0n) is 19.8. The standard InChI is InChI=1S/C21H34N3O9P/c1-12(2)10-17(23-14(4)34(30,31)32)21(29)33-24(5)18(19(26)22-13(3)20(27)28)11-15-6-8-16(25)9-7-15/h6-9,12-14,17-18,23,25H,10-11H2,1-5H3,(H,22,26)(H,27,28)(H2,30,31,32)/t13-,14?,17-,18-/m0/s1. The maximum atomic E-state index is 12.9. The summed E-state index contributed by atoms with van der Waals surface area (Å²) in [7, 11) is -3.18. The van der Waals surface area contributed by atoms with Crippen LogP contribution in [-0.2, 0) is 30.2 Å². The highest BCUT2D eigenvalue weighted by atomic mass is 31.2. The first-order valence-corrected chi connectivity index (χ1v) is 12.4. The number of carboxylic acids is 1. The van der Waals surface area contributed by atoms with Crippen molar-refractivity contribution in [3.8, 4) is 5.75 Å². The molecule has 0 aromatic heterocycles. The van der Waals surface area contributed by atoms with Crippen LogP contribution in [0.3, 0.4) is 0 Å². The van der Waals surface area contributed by atoms with Crippen LogP contribution in [0.1, 0.15) is 39.7 Å². The molecule has 0 spiro atoms. The fourth-order valence-electron chi connectivity index (χ4n) is 2.97. The van der Waals surface area contributed by atoms with Gasteiger partial charge in [0.2, 0.25) is 5.91 Å². The average molecular weight is 503 g/mol. The van der Waals surface area contributed by atoms with Crippen molar-refractivity contribution in [3.05, 3.63) is 29.8 Å². The van der Waals surface area contributed by atoms with E-state index in [1.54, 1.807) is 12.1 Å². The molecule has 1 aromatic carbocycles. The third-order valence-corrected chi connectivity index (χ3v) is 6.17. The number of aliphatic carboxylic acids is 1. The predicted molar refractivity (Wildman–Crippen MR) is 123 cm³/mol. The van der Waals surface area contributed by atoms with Gasteiger partial charge in [-0.1, -0.05) is 26.0 Å². The molecule has 1 unspecified atom stereocenters. The van der Waals surface area contributed by atoms with Gasteiger partial charge in [0.15, 0.2) is 0 Å². The lowest BCUT2D eigenvalue weighted by atomic mass is 10.0. The van der Waals surface area contributed by atoms with Gasteiger partial charge in [0, 0.05) is 13.5 Å². The summed E-state index contributed by atoms with van der Waals surface area (Å²) in [6.45, 7) is 6.18. The Labute approximate surface area is 198 Å². The number of rotatable bonds is 13. The quantitative estimate of drug-likeness (QED) is 0.165. The molecule has 1 rings (SSSR count). The van der Waals surface area contributed by atoms with Crippen LogP contribution in [0.25, 0.3) is 0 Å². The molecular weight excluding hydrogens is 469 g/mol. The van der Waals surface area contributed by atoms with Gasteiger partial charge in [-0.2, -0.15) is 0 Å². The molecule has 192 valence electrons. The Morgan fingerprint density at radius 3 is 2.12 bits per heavy atom. The van der Waals surface area contributed by atoms with E-state index in [9.17, 15) is 33.8 Å². The monoisotopic (exact) mass is 503 g/mol. The number of carboxylic acid groups (broad SMARTS) is 1. The van der Waals surface area contributed by atoms with E-state index in [1.807, 2.05) is 13.8 Å². The molecule has 1 aromatic rings. The van der Waals surface area contributed by atoms with E-state index in [0.717, 1.165) is 5.06 Å². The lowest BCUT2D eigenvalue weighted by Crippen LogP contribution is -2.53. The van der Waals surface area contributed by atoms with E-state index in [0.29, 0.717) is 5.56 Å². The fraction of sp³-hybridized carbons (Fsp3) is 0.571. The van der Waals surface area contributed by atoms with Gasteiger partial charge in [-0.25, -0.2) is 4.79 Å². The zero-order valence-corrected chi connectivity index (χ0v) is 20.7. The van der Waals surface area contributed by atoms with Crippen LogP contribution in [-0.4, -0.2) is 73.9 Å². The third-order valence-electron chi connectivity index (χ3n) is 5.01. The number of amides is 1. The van der Waals surface area contributed by atoms with Crippen molar-refractivity contribution in [2.24, 2.45) is 5.92 Å². The molecule has 0 fully saturated rings. The summed E-state index contributed by atoms with van der Waals surface area (Å²) >= 11 is 0. The summed E-state index contributed by atoms with van der Waals surface area (Å²) in [6, 6.07) is 2.57. The lowest BCUT2D eigenvalue weighted by Gasteiger charge is -2.29. The summed E-state index contributed by atoms with van der Waals surface area (Å²) in [5, 5.41) is 24.5. The third kappa shape index (κ3) is 9.78. The summed E-state index contributed by atoms with van der Waals surface area (Å²) in [5.74, 6) is -4.12. The number of phenolic OH excluding ortho intramolecular Hbond substituents is 1. The van der Waals surface area contributed by atoms with Crippen molar-refractivity contribution in [3.63, 3.8) is 0 Å². The number of likely N-dealkylation sites (N-methyl/N-ethyl adjacent to an activating group) is 1. The highest BCUT2D eigenvalue weighted by Crippen LogP contribution is 2.39. The Kier molecular flexibility index (Phi) is 11.1. The van der Waals surface area contributed by atoms with E-state index in [-0.39, 0.29) is 24.5 Å². The second-order valence-corrected chi connectivity index (χ2v) is 10.5. The van der Waals surface area contributed by atoms with E-state index >= 15 is 0 Å². The van der Waals surface area contributed by atoms with Crippen LogP contribution in [0.2, 0.25) is 0 Å². The first kappa shape index (κ1) is 29.5. The van der Waals surface area contributed by atoms with Crippen LogP contribution in [0.4, 0.5) is 0 Å². The molecule has 0 radical (unpaired) electrons. The Balaban J connectivity index is 3.10. The number of hydrogen-bond acceptors (Lipinski definition) is 8. The minimum Gasteiger partial charge on any atom is -0.508 e. The molecule has 0 saturated carbocycles. The van der Waals surface area contributed by atoms with Gasteiger partial charge < -0.3 is 30.2 Å². The van der Waals surface area contributed by atoms with Gasteiger partial charge in [-0.15, -0.1) is 5.06 Å². The van der Waals surface area contributed by atoms with Crippen molar-refractivity contribution < 1.29 is 43.8 Å². The second kappa shape index (κ2) is 12.8. The number of carbonyl (C=O) groups is 3. The van der Waals surface area contributed by atoms with E-state index < -0.39 is 49.4 Å². The molecule has 13 heteroatoms. The Hall–Kier alpha value is -2.50. The summed E-state index contributed by atoms with van der Waals surface area (Å²) in [5.41, 5.74) is 0.607. The van der Waals surface area contributed by atoms with Gasteiger partial charge in [-0.3, -0.25) is 19.5 Å². The van der Waals surface area contributed by atoms with Crippen LogP contribution in [0, 0.1) is 5.92 Å². The van der Waals surface area contributed by atoms with Crippen molar-refractivity contribution in [2.45, 2.75) is 64.4 Å². The zero-order chi connectivity index (χ0) is 26.2. The summed E-state index contributed by atoms with van der Waals surface area (Å²) in [6.07, 6.45) is 0.227. The first-order valence-electron chi connectivity index (χ1n) is 10.7. The van der Waals surface area contributed by atoms with Crippen molar-refractivity contribution in [1.29, 1.82) is 0 Å². The summed E-state index contributed by atoms with van der Waals surface area (Å²) < 4.78 is 11.5. The van der Waals surface area contributed by atoms with Crippen LogP contribution < -0.4 is 10.6 Å². The lowest BCUT2D eigenvalue weighted by molar-refractivity contribution is -0.198. The molecule has 12 nitrogen and oxygen atoms in total. The smallest absolute Gasteiger partial charge is 0.342 e. The Morgan fingerprint density at radius 2 is 1.65 bits per heavy atom. The number of nitrogens with one attached hydrogen (secondary N) is 2. The molecule has 1 amide bonds. The molecule has 0 bridgehead atoms. The average Bonchev–Trinajstić information content (AvgIpc) is 2.71. The van der Waals surface area contributed by atoms with Gasteiger partial charge in [0.25, 0.3) is 0 Å². The van der Waals surface area contributed by atoms with Crippen molar-refractivity contribution in [2.75, 3.05) is 7.05 Å². The molecule has 0 heterocycles. The van der Waals surface area contributed by atoms with Gasteiger partial charge in [0.1, 0.15) is 29.7 Å². The molecule has 6 N–H and O–H groups in total. The fourth-order valence-corrected chi connectivity index (χ4v) is 3.35. The number of phenols is 1. The summed E-state index contributed by atoms with van der Waals surface area (Å²) in [4.78, 5) is 61.0. The van der Waals surface area contributed by atoms with Crippen LogP contribution >= 0.6 is 7.60 Å².